The first-order valence-corrected chi connectivity index (χ1v) is 8.73. The Labute approximate surface area is 125 Å². The lowest BCUT2D eigenvalue weighted by atomic mass is 10.1. The van der Waals surface area contributed by atoms with E-state index in [1.165, 1.54) is 0 Å². The van der Waals surface area contributed by atoms with E-state index in [0.29, 0.717) is 0 Å². The molecule has 1 aliphatic carbocycles. The van der Waals surface area contributed by atoms with Crippen molar-refractivity contribution in [2.24, 2.45) is 0 Å². The fourth-order valence-electron chi connectivity index (χ4n) is 2.32. The maximum absolute atomic E-state index is 12.3. The molecular formula is C12H16BrNO5S. The van der Waals surface area contributed by atoms with Crippen molar-refractivity contribution in [2.45, 2.75) is 49.5 Å². The molecule has 6 nitrogen and oxygen atoms in total. The molecule has 1 aromatic rings. The lowest BCUT2D eigenvalue weighted by Crippen LogP contribution is -2.34. The molecule has 2 rings (SSSR count). The van der Waals surface area contributed by atoms with Crippen LogP contribution in [-0.2, 0) is 10.0 Å². The van der Waals surface area contributed by atoms with Crippen molar-refractivity contribution < 1.29 is 22.7 Å². The number of hydrogen-bond acceptors (Lipinski definition) is 4. The topological polar surface area (TPSA) is 96.6 Å². The zero-order chi connectivity index (χ0) is 14.8. The van der Waals surface area contributed by atoms with Crippen molar-refractivity contribution in [3.8, 4) is 0 Å². The number of halogens is 1. The quantitative estimate of drug-likeness (QED) is 0.799. The maximum Gasteiger partial charge on any atom is 0.371 e. The first-order chi connectivity index (χ1) is 9.40. The Morgan fingerprint density at radius 2 is 1.90 bits per heavy atom. The molecule has 0 radical (unpaired) electrons. The molecule has 112 valence electrons. The number of hydrogen-bond donors (Lipinski definition) is 2. The van der Waals surface area contributed by atoms with Crippen molar-refractivity contribution in [1.82, 2.24) is 4.72 Å². The van der Waals surface area contributed by atoms with Crippen LogP contribution in [0, 0.1) is 0 Å². The van der Waals surface area contributed by atoms with Gasteiger partial charge in [-0.05, 0) is 28.8 Å². The third-order valence-electron chi connectivity index (χ3n) is 3.33. The summed E-state index contributed by atoms with van der Waals surface area (Å²) in [5, 5.41) is 8.82. The molecule has 0 aromatic carbocycles. The number of furan rings is 1. The van der Waals surface area contributed by atoms with Gasteiger partial charge in [0.05, 0.1) is 0 Å². The fourth-order valence-corrected chi connectivity index (χ4v) is 4.57. The first-order valence-electron chi connectivity index (χ1n) is 6.45. The average molecular weight is 366 g/mol. The molecule has 1 aliphatic rings. The second-order valence-corrected chi connectivity index (χ2v) is 7.27. The standard InChI is InChI=1S/C12H16BrNO5S/c13-11-10(7-9(19-11)12(15)16)20(17,18)14-8-5-3-1-2-4-6-8/h7-8,14H,1-6H2,(H,15,16). The summed E-state index contributed by atoms with van der Waals surface area (Å²) in [6, 6.07) is 0.920. The number of carboxylic acids is 1. The number of nitrogens with one attached hydrogen (secondary N) is 1. The molecule has 1 aromatic heterocycles. The maximum atomic E-state index is 12.3. The van der Waals surface area contributed by atoms with Gasteiger partial charge in [0.15, 0.2) is 4.67 Å². The SMILES string of the molecule is O=C(O)c1cc(S(=O)(=O)NC2CCCCCC2)c(Br)o1. The van der Waals surface area contributed by atoms with Gasteiger partial charge in [-0.1, -0.05) is 25.7 Å². The summed E-state index contributed by atoms with van der Waals surface area (Å²) < 4.78 is 32.0. The van der Waals surface area contributed by atoms with Crippen molar-refractivity contribution in [1.29, 1.82) is 0 Å². The second-order valence-electron chi connectivity index (χ2n) is 4.86. The Hall–Kier alpha value is -0.860. The summed E-state index contributed by atoms with van der Waals surface area (Å²) >= 11 is 2.95. The van der Waals surface area contributed by atoms with Gasteiger partial charge in [0, 0.05) is 12.1 Å². The third kappa shape index (κ3) is 3.62. The predicted molar refractivity (Wildman–Crippen MR) is 75.2 cm³/mol. The lowest BCUT2D eigenvalue weighted by molar-refractivity contribution is 0.0661. The number of carbonyl (C=O) groups is 1. The highest BCUT2D eigenvalue weighted by molar-refractivity contribution is 9.10. The predicted octanol–water partition coefficient (Wildman–Crippen LogP) is 2.74. The second kappa shape index (κ2) is 6.28. The molecule has 20 heavy (non-hydrogen) atoms. The minimum Gasteiger partial charge on any atom is -0.475 e. The Balaban J connectivity index is 2.19. The number of carboxylic acid groups (broad SMARTS) is 1. The Morgan fingerprint density at radius 1 is 1.30 bits per heavy atom. The van der Waals surface area contributed by atoms with Gasteiger partial charge in [-0.2, -0.15) is 0 Å². The van der Waals surface area contributed by atoms with Crippen LogP contribution in [-0.4, -0.2) is 25.5 Å². The van der Waals surface area contributed by atoms with Crippen LogP contribution >= 0.6 is 15.9 Å². The van der Waals surface area contributed by atoms with Crippen molar-refractivity contribution in [3.05, 3.63) is 16.5 Å². The van der Waals surface area contributed by atoms with Crippen LogP contribution in [0.1, 0.15) is 49.1 Å². The minimum absolute atomic E-state index is 0.0870. The van der Waals surface area contributed by atoms with Crippen molar-refractivity contribution in [3.63, 3.8) is 0 Å². The van der Waals surface area contributed by atoms with Crippen molar-refractivity contribution >= 4 is 31.9 Å². The Kier molecular flexibility index (Phi) is 4.87. The summed E-state index contributed by atoms with van der Waals surface area (Å²) in [6.45, 7) is 0. The van der Waals surface area contributed by atoms with Gasteiger partial charge in [0.2, 0.25) is 15.8 Å². The zero-order valence-electron chi connectivity index (χ0n) is 10.8. The van der Waals surface area contributed by atoms with Gasteiger partial charge >= 0.3 is 5.97 Å². The van der Waals surface area contributed by atoms with Crippen LogP contribution in [0.3, 0.4) is 0 Å². The van der Waals surface area contributed by atoms with Crippen molar-refractivity contribution in [2.75, 3.05) is 0 Å². The summed E-state index contributed by atoms with van der Waals surface area (Å²) in [7, 11) is -3.77. The van der Waals surface area contributed by atoms with Crippen LogP contribution in [0.15, 0.2) is 20.0 Å². The van der Waals surface area contributed by atoms with E-state index >= 15 is 0 Å². The molecule has 8 heteroatoms. The molecule has 1 saturated carbocycles. The smallest absolute Gasteiger partial charge is 0.371 e. The van der Waals surface area contributed by atoms with Gasteiger partial charge < -0.3 is 9.52 Å². The van der Waals surface area contributed by atoms with E-state index in [1.54, 1.807) is 0 Å². The molecule has 0 amide bonds. The molecular weight excluding hydrogens is 350 g/mol. The van der Waals surface area contributed by atoms with Crippen LogP contribution < -0.4 is 4.72 Å². The lowest BCUT2D eigenvalue weighted by Gasteiger charge is -2.15. The highest BCUT2D eigenvalue weighted by atomic mass is 79.9. The highest BCUT2D eigenvalue weighted by Crippen LogP contribution is 2.27. The van der Waals surface area contributed by atoms with Gasteiger partial charge in [-0.25, -0.2) is 17.9 Å². The minimum atomic E-state index is -3.77. The molecule has 1 heterocycles. The summed E-state index contributed by atoms with van der Waals surface area (Å²) in [5.74, 6) is -1.71. The number of sulfonamides is 1. The summed E-state index contributed by atoms with van der Waals surface area (Å²) in [5.41, 5.74) is 0. The van der Waals surface area contributed by atoms with E-state index in [9.17, 15) is 13.2 Å². The molecule has 0 unspecified atom stereocenters. The van der Waals surface area contributed by atoms with Gasteiger partial charge in [0.1, 0.15) is 4.90 Å². The van der Waals surface area contributed by atoms with Crippen LogP contribution in [0.2, 0.25) is 0 Å². The molecule has 0 spiro atoms. The summed E-state index contributed by atoms with van der Waals surface area (Å²) in [4.78, 5) is 10.6. The largest absolute Gasteiger partial charge is 0.475 e. The molecule has 0 atom stereocenters. The fraction of sp³-hybridized carbons (Fsp3) is 0.583. The van der Waals surface area contributed by atoms with Gasteiger partial charge in [0.25, 0.3) is 0 Å². The Morgan fingerprint density at radius 3 is 2.40 bits per heavy atom. The first kappa shape index (κ1) is 15.5. The van der Waals surface area contributed by atoms with E-state index in [-0.39, 0.29) is 15.6 Å². The van der Waals surface area contributed by atoms with Crippen LogP contribution in [0.25, 0.3) is 0 Å². The number of aromatic carboxylic acids is 1. The van der Waals surface area contributed by atoms with E-state index in [4.69, 9.17) is 9.52 Å². The molecule has 0 aliphatic heterocycles. The third-order valence-corrected chi connectivity index (χ3v) is 5.71. The zero-order valence-corrected chi connectivity index (χ0v) is 13.2. The molecule has 0 bridgehead atoms. The molecule has 2 N–H and O–H groups in total. The van der Waals surface area contributed by atoms with E-state index in [2.05, 4.69) is 20.7 Å². The average Bonchev–Trinajstić information content (AvgIpc) is 2.59. The molecule has 1 fully saturated rings. The highest BCUT2D eigenvalue weighted by Gasteiger charge is 2.27. The number of rotatable bonds is 4. The van der Waals surface area contributed by atoms with Crippen LogP contribution in [0.4, 0.5) is 0 Å². The molecule has 0 saturated heterocycles. The van der Waals surface area contributed by atoms with E-state index in [0.717, 1.165) is 44.6 Å². The monoisotopic (exact) mass is 365 g/mol. The van der Waals surface area contributed by atoms with Gasteiger partial charge in [-0.15, -0.1) is 0 Å². The normalized spacial score (nSPS) is 17.9. The van der Waals surface area contributed by atoms with Gasteiger partial charge in [-0.3, -0.25) is 0 Å². The van der Waals surface area contributed by atoms with Crippen LogP contribution in [0.5, 0.6) is 0 Å². The summed E-state index contributed by atoms with van der Waals surface area (Å²) in [6.07, 6.45) is 5.86. The Bertz CT molecular complexity index is 587. The van der Waals surface area contributed by atoms with E-state index in [1.807, 2.05) is 0 Å². The van der Waals surface area contributed by atoms with E-state index < -0.39 is 21.8 Å².